The van der Waals surface area contributed by atoms with E-state index >= 15 is 0 Å². The van der Waals surface area contributed by atoms with Crippen LogP contribution in [0, 0.1) is 11.7 Å². The zero-order valence-electron chi connectivity index (χ0n) is 11.0. The van der Waals surface area contributed by atoms with Crippen LogP contribution in [0.4, 0.5) is 0 Å². The topological polar surface area (TPSA) is 42.8 Å². The average Bonchev–Trinajstić information content (AvgIpc) is 2.73. The number of rotatable bonds is 2. The Morgan fingerprint density at radius 2 is 2.15 bits per heavy atom. The van der Waals surface area contributed by atoms with Crippen LogP contribution in [0.25, 0.3) is 16.9 Å². The lowest BCUT2D eigenvalue weighted by atomic mass is 10.3. The summed E-state index contributed by atoms with van der Waals surface area (Å²) in [4.78, 5) is 7.60. The van der Waals surface area contributed by atoms with E-state index in [0.717, 1.165) is 22.4 Å². The van der Waals surface area contributed by atoms with E-state index in [2.05, 4.69) is 9.97 Å². The van der Waals surface area contributed by atoms with Crippen molar-refractivity contribution in [3.8, 4) is 11.4 Å². The van der Waals surface area contributed by atoms with E-state index < -0.39 is 0 Å². The van der Waals surface area contributed by atoms with Gasteiger partial charge in [0.15, 0.2) is 10.4 Å². The second kappa shape index (κ2) is 4.92. The number of nitrogens with one attached hydrogen (secondary N) is 1. The highest BCUT2D eigenvalue weighted by Crippen LogP contribution is 2.28. The number of pyridine rings is 1. The maximum absolute atomic E-state index is 6.17. The van der Waals surface area contributed by atoms with Gasteiger partial charge in [-0.2, -0.15) is 0 Å². The number of benzene rings is 1. The number of H-pyrrole nitrogens is 1. The first kappa shape index (κ1) is 13.1. The Balaban J connectivity index is 2.26. The van der Waals surface area contributed by atoms with E-state index in [-0.39, 0.29) is 0 Å². The summed E-state index contributed by atoms with van der Waals surface area (Å²) in [5.74, 6) is 0.630. The molecule has 3 rings (SSSR count). The van der Waals surface area contributed by atoms with Gasteiger partial charge in [0.1, 0.15) is 5.75 Å². The molecule has 20 heavy (non-hydrogen) atoms. The van der Waals surface area contributed by atoms with Gasteiger partial charge in [0, 0.05) is 6.20 Å². The molecule has 0 aliphatic heterocycles. The lowest BCUT2D eigenvalue weighted by Crippen LogP contribution is -1.96. The lowest BCUT2D eigenvalue weighted by Gasteiger charge is -2.07. The molecule has 0 radical (unpaired) electrons. The van der Waals surface area contributed by atoms with Crippen molar-refractivity contribution < 1.29 is 4.74 Å². The van der Waals surface area contributed by atoms with Crippen molar-refractivity contribution in [1.29, 1.82) is 0 Å². The summed E-state index contributed by atoms with van der Waals surface area (Å²) >= 11 is 11.5. The first-order chi connectivity index (χ1) is 9.60. The van der Waals surface area contributed by atoms with E-state index in [9.17, 15) is 0 Å². The van der Waals surface area contributed by atoms with Crippen molar-refractivity contribution in [2.75, 3.05) is 7.11 Å². The molecule has 1 N–H and O–H groups in total. The van der Waals surface area contributed by atoms with E-state index in [1.807, 2.05) is 42.0 Å². The van der Waals surface area contributed by atoms with Crippen LogP contribution in [0.5, 0.6) is 5.75 Å². The maximum Gasteiger partial charge on any atom is 0.183 e. The first-order valence-corrected chi connectivity index (χ1v) is 6.80. The zero-order valence-corrected chi connectivity index (χ0v) is 12.5. The quantitative estimate of drug-likeness (QED) is 0.726. The predicted molar refractivity (Wildman–Crippen MR) is 82.6 cm³/mol. The normalized spacial score (nSPS) is 10.9. The van der Waals surface area contributed by atoms with E-state index in [0.29, 0.717) is 15.5 Å². The van der Waals surface area contributed by atoms with Crippen LogP contribution in [-0.2, 0) is 0 Å². The van der Waals surface area contributed by atoms with Crippen molar-refractivity contribution in [2.24, 2.45) is 0 Å². The number of imidazole rings is 1. The molecule has 2 aromatic heterocycles. The fourth-order valence-electron chi connectivity index (χ4n) is 2.13. The van der Waals surface area contributed by atoms with E-state index in [1.54, 1.807) is 7.11 Å². The molecule has 1 aromatic carbocycles. The predicted octanol–water partition coefficient (Wildman–Crippen LogP) is 4.05. The van der Waals surface area contributed by atoms with Crippen molar-refractivity contribution in [1.82, 2.24) is 14.5 Å². The number of aryl methyl sites for hydroxylation is 1. The van der Waals surface area contributed by atoms with Gasteiger partial charge < -0.3 is 9.72 Å². The molecule has 0 saturated heterocycles. The Hall–Kier alpha value is -1.85. The van der Waals surface area contributed by atoms with Crippen LogP contribution in [-0.4, -0.2) is 21.6 Å². The third kappa shape index (κ3) is 2.09. The number of aromatic nitrogens is 3. The second-order valence-electron chi connectivity index (χ2n) is 4.47. The monoisotopic (exact) mass is 305 g/mol. The molecule has 0 unspecified atom stereocenters. The molecule has 2 heterocycles. The van der Waals surface area contributed by atoms with Crippen LogP contribution >= 0.6 is 23.8 Å². The molecule has 0 aliphatic carbocycles. The fraction of sp³-hybridized carbons (Fsp3) is 0.143. The average molecular weight is 306 g/mol. The van der Waals surface area contributed by atoms with Crippen molar-refractivity contribution in [3.05, 3.63) is 45.8 Å². The van der Waals surface area contributed by atoms with Gasteiger partial charge in [0.05, 0.1) is 23.3 Å². The Kier molecular flexibility index (Phi) is 3.23. The highest BCUT2D eigenvalue weighted by atomic mass is 35.5. The van der Waals surface area contributed by atoms with Crippen LogP contribution in [0.1, 0.15) is 5.56 Å². The molecule has 6 heteroatoms. The van der Waals surface area contributed by atoms with Crippen LogP contribution in [0.15, 0.2) is 30.5 Å². The third-order valence-electron chi connectivity index (χ3n) is 3.05. The van der Waals surface area contributed by atoms with Gasteiger partial charge in [-0.1, -0.05) is 11.6 Å². The van der Waals surface area contributed by atoms with Gasteiger partial charge in [-0.05, 0) is 49.0 Å². The number of halogens is 1. The van der Waals surface area contributed by atoms with Gasteiger partial charge in [0.25, 0.3) is 0 Å². The van der Waals surface area contributed by atoms with Crippen LogP contribution in [0.2, 0.25) is 5.02 Å². The number of methoxy groups -OCH3 is 1. The second-order valence-corrected chi connectivity index (χ2v) is 5.26. The summed E-state index contributed by atoms with van der Waals surface area (Å²) in [6.45, 7) is 1.99. The molecule has 3 aromatic rings. The molecular weight excluding hydrogens is 294 g/mol. The van der Waals surface area contributed by atoms with Crippen molar-refractivity contribution >= 4 is 35.0 Å². The summed E-state index contributed by atoms with van der Waals surface area (Å²) in [5.41, 5.74) is 3.61. The van der Waals surface area contributed by atoms with E-state index in [1.165, 1.54) is 0 Å². The summed E-state index contributed by atoms with van der Waals surface area (Å²) < 4.78 is 7.60. The maximum atomic E-state index is 6.17. The molecule has 102 valence electrons. The summed E-state index contributed by atoms with van der Waals surface area (Å²) in [7, 11) is 1.59. The number of nitrogens with zero attached hydrogens (tertiary/aromatic N) is 2. The lowest BCUT2D eigenvalue weighted by molar-refractivity contribution is 0.415. The number of ether oxygens (including phenoxy) is 1. The minimum Gasteiger partial charge on any atom is -0.495 e. The highest BCUT2D eigenvalue weighted by molar-refractivity contribution is 7.71. The summed E-state index contributed by atoms with van der Waals surface area (Å²) in [6.07, 6.45) is 1.81. The smallest absolute Gasteiger partial charge is 0.183 e. The third-order valence-corrected chi connectivity index (χ3v) is 3.63. The first-order valence-electron chi connectivity index (χ1n) is 6.01. The van der Waals surface area contributed by atoms with Crippen molar-refractivity contribution in [2.45, 2.75) is 6.92 Å². The highest BCUT2D eigenvalue weighted by Gasteiger charge is 2.10. The zero-order chi connectivity index (χ0) is 14.3. The molecule has 4 nitrogen and oxygen atoms in total. The molecule has 0 atom stereocenters. The van der Waals surface area contributed by atoms with E-state index in [4.69, 9.17) is 28.6 Å². The Bertz CT molecular complexity index is 853. The van der Waals surface area contributed by atoms with Gasteiger partial charge in [0.2, 0.25) is 0 Å². The Morgan fingerprint density at radius 3 is 2.85 bits per heavy atom. The standard InChI is InChI=1S/C14H12ClN3OS/c1-8-5-11-13(16-7-8)18(14(20)17-11)9-3-4-12(19-2)10(15)6-9/h3-7H,1-2H3,(H,17,20). The number of aromatic amines is 1. The Labute approximate surface area is 126 Å². The van der Waals surface area contributed by atoms with Gasteiger partial charge >= 0.3 is 0 Å². The fourth-order valence-corrected chi connectivity index (χ4v) is 2.69. The number of hydrogen-bond acceptors (Lipinski definition) is 3. The number of hydrogen-bond donors (Lipinski definition) is 1. The molecule has 0 saturated carbocycles. The minimum atomic E-state index is 0.536. The van der Waals surface area contributed by atoms with Crippen LogP contribution < -0.4 is 4.74 Å². The summed E-state index contributed by atoms with van der Waals surface area (Å²) in [5, 5.41) is 0.536. The van der Waals surface area contributed by atoms with Gasteiger partial charge in [-0.15, -0.1) is 0 Å². The molecular formula is C14H12ClN3OS. The number of fused-ring (bicyclic) bond motifs is 1. The Morgan fingerprint density at radius 1 is 1.35 bits per heavy atom. The van der Waals surface area contributed by atoms with Crippen molar-refractivity contribution in [3.63, 3.8) is 0 Å². The molecule has 0 fully saturated rings. The minimum absolute atomic E-state index is 0.536. The molecule has 0 spiro atoms. The van der Waals surface area contributed by atoms with Gasteiger partial charge in [-0.3, -0.25) is 4.57 Å². The molecule has 0 amide bonds. The van der Waals surface area contributed by atoms with Gasteiger partial charge in [-0.25, -0.2) is 4.98 Å². The largest absolute Gasteiger partial charge is 0.495 e. The van der Waals surface area contributed by atoms with Crippen LogP contribution in [0.3, 0.4) is 0 Å². The summed E-state index contributed by atoms with van der Waals surface area (Å²) in [6, 6.07) is 7.53. The molecule has 0 bridgehead atoms. The molecule has 0 aliphatic rings. The SMILES string of the molecule is COc1ccc(-n2c(=S)[nH]c3cc(C)cnc32)cc1Cl.